The second kappa shape index (κ2) is 6.98. The zero-order valence-electron chi connectivity index (χ0n) is 13.2. The molecule has 0 radical (unpaired) electrons. The second-order valence-electron chi connectivity index (χ2n) is 5.76. The molecule has 0 bridgehead atoms. The van der Waals surface area contributed by atoms with Gasteiger partial charge in [-0.25, -0.2) is 0 Å². The van der Waals surface area contributed by atoms with Crippen LogP contribution < -0.4 is 10.8 Å². The molecule has 1 amide bonds. The maximum Gasteiger partial charge on any atom is 0.492 e. The van der Waals surface area contributed by atoms with Crippen LogP contribution in [0.15, 0.2) is 42.5 Å². The Morgan fingerprint density at radius 2 is 2.13 bits per heavy atom. The lowest BCUT2D eigenvalue weighted by atomic mass is 9.75. The highest BCUT2D eigenvalue weighted by Gasteiger charge is 2.29. The van der Waals surface area contributed by atoms with Crippen molar-refractivity contribution in [3.05, 3.63) is 59.2 Å². The van der Waals surface area contributed by atoms with Crippen molar-refractivity contribution in [1.82, 2.24) is 0 Å². The van der Waals surface area contributed by atoms with E-state index in [1.807, 2.05) is 42.5 Å². The molecular weight excluding hydrogens is 289 g/mol. The molecular formula is C18H20BNO3. The Labute approximate surface area is 136 Å². The molecule has 0 spiro atoms. The molecule has 0 aliphatic carbocycles. The van der Waals surface area contributed by atoms with Gasteiger partial charge in [0.05, 0.1) is 6.61 Å². The van der Waals surface area contributed by atoms with Crippen LogP contribution in [0, 0.1) is 0 Å². The van der Waals surface area contributed by atoms with Crippen LogP contribution in [-0.4, -0.2) is 18.0 Å². The Morgan fingerprint density at radius 3 is 2.96 bits per heavy atom. The summed E-state index contributed by atoms with van der Waals surface area (Å²) in [6.07, 6.45) is 1.90. The third-order valence-electron chi connectivity index (χ3n) is 4.17. The van der Waals surface area contributed by atoms with E-state index < -0.39 is 7.12 Å². The predicted octanol–water partition coefficient (Wildman–Crippen LogP) is 2.04. The SMILES string of the molecule is CCc1cccc(NC(=O)CCc2cccc3c2B(O)OC3)c1. The normalized spacial score (nSPS) is 13.0. The Morgan fingerprint density at radius 1 is 1.30 bits per heavy atom. The lowest BCUT2D eigenvalue weighted by Gasteiger charge is -2.09. The first-order valence-electron chi connectivity index (χ1n) is 7.96. The number of amides is 1. The third-order valence-corrected chi connectivity index (χ3v) is 4.17. The molecule has 2 N–H and O–H groups in total. The van der Waals surface area contributed by atoms with Gasteiger partial charge in [-0.1, -0.05) is 37.3 Å². The van der Waals surface area contributed by atoms with Gasteiger partial charge in [0.25, 0.3) is 0 Å². The standard InChI is InChI=1S/C18H20BNO3/c1-2-13-5-3-8-16(11-13)20-17(21)10-9-14-6-4-7-15-12-23-19(22)18(14)15/h3-8,11,22H,2,9-10,12H2,1H3,(H,20,21). The van der Waals surface area contributed by atoms with E-state index in [1.54, 1.807) is 0 Å². The Hall–Kier alpha value is -2.11. The van der Waals surface area contributed by atoms with E-state index in [0.29, 0.717) is 19.4 Å². The van der Waals surface area contributed by atoms with Crippen molar-refractivity contribution in [3.63, 3.8) is 0 Å². The predicted molar refractivity (Wildman–Crippen MR) is 91.6 cm³/mol. The Kier molecular flexibility index (Phi) is 4.79. The lowest BCUT2D eigenvalue weighted by molar-refractivity contribution is -0.116. The topological polar surface area (TPSA) is 58.6 Å². The van der Waals surface area contributed by atoms with Crippen molar-refractivity contribution < 1.29 is 14.5 Å². The van der Waals surface area contributed by atoms with E-state index in [4.69, 9.17) is 4.65 Å². The molecule has 5 heteroatoms. The fourth-order valence-electron chi connectivity index (χ4n) is 2.92. The van der Waals surface area contributed by atoms with Gasteiger partial charge >= 0.3 is 7.12 Å². The molecule has 2 aromatic rings. The van der Waals surface area contributed by atoms with E-state index in [0.717, 1.165) is 28.7 Å². The van der Waals surface area contributed by atoms with E-state index in [-0.39, 0.29) is 5.91 Å². The second-order valence-corrected chi connectivity index (χ2v) is 5.76. The van der Waals surface area contributed by atoms with Crippen molar-refractivity contribution in [1.29, 1.82) is 0 Å². The summed E-state index contributed by atoms with van der Waals surface area (Å²) in [4.78, 5) is 12.2. The summed E-state index contributed by atoms with van der Waals surface area (Å²) in [6, 6.07) is 13.7. The molecule has 2 aromatic carbocycles. The van der Waals surface area contributed by atoms with Gasteiger partial charge in [0, 0.05) is 12.1 Å². The summed E-state index contributed by atoms with van der Waals surface area (Å²) in [5, 5.41) is 12.8. The number of nitrogens with one attached hydrogen (secondary N) is 1. The quantitative estimate of drug-likeness (QED) is 0.831. The number of rotatable bonds is 5. The smallest absolute Gasteiger partial charge is 0.423 e. The van der Waals surface area contributed by atoms with Crippen LogP contribution in [0.5, 0.6) is 0 Å². The first kappa shape index (κ1) is 15.8. The fourth-order valence-corrected chi connectivity index (χ4v) is 2.92. The maximum atomic E-state index is 12.2. The van der Waals surface area contributed by atoms with Gasteiger partial charge in [-0.3, -0.25) is 4.79 Å². The van der Waals surface area contributed by atoms with E-state index in [2.05, 4.69) is 12.2 Å². The molecule has 0 fully saturated rings. The van der Waals surface area contributed by atoms with Gasteiger partial charge < -0.3 is 15.0 Å². The van der Waals surface area contributed by atoms with Crippen molar-refractivity contribution in [2.24, 2.45) is 0 Å². The fraction of sp³-hybridized carbons (Fsp3) is 0.278. The molecule has 1 heterocycles. The number of hydrogen-bond donors (Lipinski definition) is 2. The van der Waals surface area contributed by atoms with E-state index in [9.17, 15) is 9.82 Å². The minimum absolute atomic E-state index is 0.0238. The first-order chi connectivity index (χ1) is 11.2. The highest BCUT2D eigenvalue weighted by atomic mass is 16.5. The molecule has 0 atom stereocenters. The van der Waals surface area contributed by atoms with Crippen molar-refractivity contribution in [3.8, 4) is 0 Å². The lowest BCUT2D eigenvalue weighted by Crippen LogP contribution is -2.31. The van der Waals surface area contributed by atoms with Gasteiger partial charge in [0.1, 0.15) is 0 Å². The van der Waals surface area contributed by atoms with Crippen LogP contribution in [0.3, 0.4) is 0 Å². The number of anilines is 1. The van der Waals surface area contributed by atoms with Crippen LogP contribution in [0.2, 0.25) is 0 Å². The number of hydrogen-bond acceptors (Lipinski definition) is 3. The summed E-state index contributed by atoms with van der Waals surface area (Å²) in [5.41, 5.74) is 4.84. The number of aryl methyl sites for hydroxylation is 2. The molecule has 4 nitrogen and oxygen atoms in total. The molecule has 3 rings (SSSR count). The van der Waals surface area contributed by atoms with Gasteiger partial charge in [-0.2, -0.15) is 0 Å². The molecule has 0 saturated carbocycles. The average Bonchev–Trinajstić information content (AvgIpc) is 2.95. The molecule has 0 unspecified atom stereocenters. The zero-order valence-corrected chi connectivity index (χ0v) is 13.2. The molecule has 1 aliphatic heterocycles. The Bertz CT molecular complexity index is 717. The average molecular weight is 309 g/mol. The number of carbonyl (C=O) groups excluding carboxylic acids is 1. The zero-order chi connectivity index (χ0) is 16.2. The van der Waals surface area contributed by atoms with Crippen LogP contribution >= 0.6 is 0 Å². The Balaban J connectivity index is 1.63. The summed E-state index contributed by atoms with van der Waals surface area (Å²) >= 11 is 0. The number of carbonyl (C=O) groups is 1. The molecule has 23 heavy (non-hydrogen) atoms. The summed E-state index contributed by atoms with van der Waals surface area (Å²) in [6.45, 7) is 2.52. The number of fused-ring (bicyclic) bond motifs is 1. The van der Waals surface area contributed by atoms with Crippen LogP contribution in [0.1, 0.15) is 30.0 Å². The van der Waals surface area contributed by atoms with Crippen LogP contribution in [-0.2, 0) is 28.9 Å². The highest BCUT2D eigenvalue weighted by molar-refractivity contribution is 6.62. The van der Waals surface area contributed by atoms with Gasteiger partial charge in [0.2, 0.25) is 5.91 Å². The van der Waals surface area contributed by atoms with E-state index in [1.165, 1.54) is 5.56 Å². The van der Waals surface area contributed by atoms with Gasteiger partial charge in [0.15, 0.2) is 0 Å². The van der Waals surface area contributed by atoms with Crippen molar-refractivity contribution in [2.45, 2.75) is 32.8 Å². The van der Waals surface area contributed by atoms with Crippen LogP contribution in [0.4, 0.5) is 5.69 Å². The summed E-state index contributed by atoms with van der Waals surface area (Å²) in [5.74, 6) is -0.0238. The third kappa shape index (κ3) is 3.63. The largest absolute Gasteiger partial charge is 0.492 e. The minimum atomic E-state index is -0.870. The number of benzene rings is 2. The monoisotopic (exact) mass is 309 g/mol. The molecule has 118 valence electrons. The van der Waals surface area contributed by atoms with Crippen molar-refractivity contribution in [2.75, 3.05) is 5.32 Å². The molecule has 1 aliphatic rings. The van der Waals surface area contributed by atoms with Gasteiger partial charge in [-0.05, 0) is 47.1 Å². The van der Waals surface area contributed by atoms with Crippen LogP contribution in [0.25, 0.3) is 0 Å². The van der Waals surface area contributed by atoms with E-state index >= 15 is 0 Å². The molecule has 0 aromatic heterocycles. The molecule has 0 saturated heterocycles. The first-order valence-corrected chi connectivity index (χ1v) is 7.96. The summed E-state index contributed by atoms with van der Waals surface area (Å²) < 4.78 is 5.25. The minimum Gasteiger partial charge on any atom is -0.423 e. The maximum absolute atomic E-state index is 12.2. The van der Waals surface area contributed by atoms with Crippen molar-refractivity contribution >= 4 is 24.2 Å². The summed E-state index contributed by atoms with van der Waals surface area (Å²) in [7, 11) is -0.870. The highest BCUT2D eigenvalue weighted by Crippen LogP contribution is 2.15. The van der Waals surface area contributed by atoms with Gasteiger partial charge in [-0.15, -0.1) is 0 Å².